The molecule has 5 heteroatoms. The molecule has 0 unspecified atom stereocenters. The average Bonchev–Trinajstić information content (AvgIpc) is 3.21. The molecule has 2 rings (SSSR count). The van der Waals surface area contributed by atoms with Crippen LogP contribution < -0.4 is 10.1 Å². The Hall–Kier alpha value is -2.04. The molecule has 1 aliphatic rings. The lowest BCUT2D eigenvalue weighted by molar-refractivity contribution is -0.140. The van der Waals surface area contributed by atoms with Crippen molar-refractivity contribution in [2.45, 2.75) is 19.8 Å². The minimum Gasteiger partial charge on any atom is -0.496 e. The van der Waals surface area contributed by atoms with Gasteiger partial charge in [0.1, 0.15) is 5.75 Å². The number of rotatable bonds is 6. The molecule has 2 N–H and O–H groups in total. The van der Waals surface area contributed by atoms with Gasteiger partial charge in [-0.3, -0.25) is 9.59 Å². The van der Waals surface area contributed by atoms with Gasteiger partial charge in [0.05, 0.1) is 18.9 Å². The maximum atomic E-state index is 11.7. The second-order valence-electron chi connectivity index (χ2n) is 5.13. The largest absolute Gasteiger partial charge is 0.496 e. The number of carboxylic acid groups (broad SMARTS) is 1. The van der Waals surface area contributed by atoms with Crippen molar-refractivity contribution in [1.82, 2.24) is 5.32 Å². The van der Waals surface area contributed by atoms with Crippen LogP contribution in [0.3, 0.4) is 0 Å². The molecule has 0 bridgehead atoms. The van der Waals surface area contributed by atoms with Crippen LogP contribution in [0, 0.1) is 18.8 Å². The van der Waals surface area contributed by atoms with E-state index in [0.717, 1.165) is 16.9 Å². The zero-order valence-electron chi connectivity index (χ0n) is 11.7. The van der Waals surface area contributed by atoms with Gasteiger partial charge in [0.2, 0.25) is 5.91 Å². The minimum absolute atomic E-state index is 0.156. The van der Waals surface area contributed by atoms with Gasteiger partial charge in [0.15, 0.2) is 0 Å². The molecule has 0 radical (unpaired) electrons. The number of benzene rings is 1. The van der Waals surface area contributed by atoms with E-state index >= 15 is 0 Å². The summed E-state index contributed by atoms with van der Waals surface area (Å²) >= 11 is 0. The Bertz CT molecular complexity index is 527. The number of aryl methyl sites for hydroxylation is 1. The van der Waals surface area contributed by atoms with Gasteiger partial charge in [-0.25, -0.2) is 0 Å². The summed E-state index contributed by atoms with van der Waals surface area (Å²) in [5.74, 6) is -1.04. The highest BCUT2D eigenvalue weighted by molar-refractivity contribution is 5.89. The molecule has 1 fully saturated rings. The van der Waals surface area contributed by atoms with Crippen molar-refractivity contribution in [3.8, 4) is 5.75 Å². The number of amides is 1. The zero-order valence-corrected chi connectivity index (χ0v) is 11.7. The Balaban J connectivity index is 1.79. The first-order valence-electron chi connectivity index (χ1n) is 6.67. The van der Waals surface area contributed by atoms with Gasteiger partial charge in [0, 0.05) is 6.54 Å². The van der Waals surface area contributed by atoms with Crippen LogP contribution in [0.25, 0.3) is 0 Å². The third-order valence-electron chi connectivity index (χ3n) is 3.63. The molecule has 1 amide bonds. The first-order chi connectivity index (χ1) is 9.52. The van der Waals surface area contributed by atoms with Crippen LogP contribution in [0.5, 0.6) is 5.75 Å². The summed E-state index contributed by atoms with van der Waals surface area (Å²) in [5, 5.41) is 11.6. The van der Waals surface area contributed by atoms with Crippen LogP contribution in [0.2, 0.25) is 0 Å². The highest BCUT2D eigenvalue weighted by atomic mass is 16.5. The molecule has 1 aliphatic carbocycles. The van der Waals surface area contributed by atoms with Gasteiger partial charge in [-0.1, -0.05) is 12.1 Å². The number of hydrogen-bond acceptors (Lipinski definition) is 3. The molecule has 0 aliphatic heterocycles. The van der Waals surface area contributed by atoms with Crippen LogP contribution in [-0.2, 0) is 16.0 Å². The van der Waals surface area contributed by atoms with E-state index < -0.39 is 11.9 Å². The quantitative estimate of drug-likeness (QED) is 0.823. The van der Waals surface area contributed by atoms with Crippen molar-refractivity contribution in [3.05, 3.63) is 29.3 Å². The molecular weight excluding hydrogens is 258 g/mol. The standard InChI is InChI=1S/C15H19NO4/c1-9-3-4-10(7-13(9)20-2)5-6-16-14(17)11-8-12(11)15(18)19/h3-4,7,11-12H,5-6,8H2,1-2H3,(H,16,17)(H,18,19)/t11-,12-/m1/s1. The third-order valence-corrected chi connectivity index (χ3v) is 3.63. The number of ether oxygens (including phenoxy) is 1. The number of carboxylic acids is 1. The number of nitrogens with one attached hydrogen (secondary N) is 1. The first-order valence-corrected chi connectivity index (χ1v) is 6.67. The van der Waals surface area contributed by atoms with Gasteiger partial charge in [0.25, 0.3) is 0 Å². The van der Waals surface area contributed by atoms with Crippen molar-refractivity contribution in [1.29, 1.82) is 0 Å². The Morgan fingerprint density at radius 1 is 1.40 bits per heavy atom. The smallest absolute Gasteiger partial charge is 0.307 e. The van der Waals surface area contributed by atoms with Crippen LogP contribution in [-0.4, -0.2) is 30.6 Å². The Kier molecular flexibility index (Phi) is 4.27. The second kappa shape index (κ2) is 5.94. The van der Waals surface area contributed by atoms with Gasteiger partial charge >= 0.3 is 5.97 Å². The summed E-state index contributed by atoms with van der Waals surface area (Å²) in [4.78, 5) is 22.4. The van der Waals surface area contributed by atoms with Gasteiger partial charge in [-0.05, 0) is 37.0 Å². The summed E-state index contributed by atoms with van der Waals surface area (Å²) in [5.41, 5.74) is 2.15. The van der Waals surface area contributed by atoms with Crippen molar-refractivity contribution in [3.63, 3.8) is 0 Å². The molecule has 1 aromatic carbocycles. The maximum Gasteiger partial charge on any atom is 0.307 e. The van der Waals surface area contributed by atoms with Crippen molar-refractivity contribution >= 4 is 11.9 Å². The normalized spacial score (nSPS) is 20.3. The highest BCUT2D eigenvalue weighted by Gasteiger charge is 2.48. The number of hydrogen-bond donors (Lipinski definition) is 2. The molecule has 20 heavy (non-hydrogen) atoms. The van der Waals surface area contributed by atoms with E-state index in [4.69, 9.17) is 9.84 Å². The van der Waals surface area contributed by atoms with Crippen LogP contribution >= 0.6 is 0 Å². The van der Waals surface area contributed by atoms with E-state index in [0.29, 0.717) is 19.4 Å². The Labute approximate surface area is 117 Å². The predicted octanol–water partition coefficient (Wildman–Crippen LogP) is 1.38. The number of methoxy groups -OCH3 is 1. The monoisotopic (exact) mass is 277 g/mol. The van der Waals surface area contributed by atoms with Crippen LogP contribution in [0.4, 0.5) is 0 Å². The lowest BCUT2D eigenvalue weighted by Crippen LogP contribution is -2.28. The van der Waals surface area contributed by atoms with Crippen molar-refractivity contribution in [2.24, 2.45) is 11.8 Å². The number of carbonyl (C=O) groups excluding carboxylic acids is 1. The topological polar surface area (TPSA) is 75.6 Å². The predicted molar refractivity (Wildman–Crippen MR) is 73.7 cm³/mol. The molecule has 5 nitrogen and oxygen atoms in total. The zero-order chi connectivity index (χ0) is 14.7. The third kappa shape index (κ3) is 3.29. The van der Waals surface area contributed by atoms with E-state index in [-0.39, 0.29) is 11.8 Å². The van der Waals surface area contributed by atoms with Crippen LogP contribution in [0.15, 0.2) is 18.2 Å². The van der Waals surface area contributed by atoms with E-state index in [9.17, 15) is 9.59 Å². The molecule has 0 aromatic heterocycles. The fourth-order valence-electron chi connectivity index (χ4n) is 2.24. The number of carbonyl (C=O) groups is 2. The molecule has 0 saturated heterocycles. The summed E-state index contributed by atoms with van der Waals surface area (Å²) in [7, 11) is 1.63. The van der Waals surface area contributed by atoms with E-state index in [2.05, 4.69) is 5.32 Å². The van der Waals surface area contributed by atoms with E-state index in [1.807, 2.05) is 25.1 Å². The minimum atomic E-state index is -0.881. The molecule has 1 aromatic rings. The maximum absolute atomic E-state index is 11.7. The highest BCUT2D eigenvalue weighted by Crippen LogP contribution is 2.38. The Morgan fingerprint density at radius 3 is 2.75 bits per heavy atom. The summed E-state index contributed by atoms with van der Waals surface area (Å²) in [6.07, 6.45) is 1.16. The Morgan fingerprint density at radius 2 is 2.15 bits per heavy atom. The lowest BCUT2D eigenvalue weighted by atomic mass is 10.1. The molecular formula is C15H19NO4. The summed E-state index contributed by atoms with van der Waals surface area (Å²) in [6.45, 7) is 2.48. The summed E-state index contributed by atoms with van der Waals surface area (Å²) in [6, 6.07) is 5.94. The lowest BCUT2D eigenvalue weighted by Gasteiger charge is -2.08. The van der Waals surface area contributed by atoms with Gasteiger partial charge in [-0.2, -0.15) is 0 Å². The van der Waals surface area contributed by atoms with Crippen LogP contribution in [0.1, 0.15) is 17.5 Å². The molecule has 0 spiro atoms. The molecule has 2 atom stereocenters. The van der Waals surface area contributed by atoms with E-state index in [1.165, 1.54) is 0 Å². The molecule has 108 valence electrons. The summed E-state index contributed by atoms with van der Waals surface area (Å²) < 4.78 is 5.25. The van der Waals surface area contributed by atoms with Crippen molar-refractivity contribution < 1.29 is 19.4 Å². The fraction of sp³-hybridized carbons (Fsp3) is 0.467. The van der Waals surface area contributed by atoms with Crippen molar-refractivity contribution in [2.75, 3.05) is 13.7 Å². The SMILES string of the molecule is COc1cc(CCNC(=O)[C@@H]2C[C@H]2C(=O)O)ccc1C. The fourth-order valence-corrected chi connectivity index (χ4v) is 2.24. The molecule has 0 heterocycles. The number of aliphatic carboxylic acids is 1. The molecule has 1 saturated carbocycles. The van der Waals surface area contributed by atoms with Gasteiger partial charge in [-0.15, -0.1) is 0 Å². The van der Waals surface area contributed by atoms with E-state index in [1.54, 1.807) is 7.11 Å². The van der Waals surface area contributed by atoms with Gasteiger partial charge < -0.3 is 15.2 Å². The second-order valence-corrected chi connectivity index (χ2v) is 5.13. The average molecular weight is 277 g/mol. The first kappa shape index (κ1) is 14.4.